The summed E-state index contributed by atoms with van der Waals surface area (Å²) in [5.41, 5.74) is 5.00. The zero-order chi connectivity index (χ0) is 22.2. The Labute approximate surface area is 187 Å². The first-order valence-electron chi connectivity index (χ1n) is 10.9. The highest BCUT2D eigenvalue weighted by Gasteiger charge is 2.21. The number of hydrogen-bond donors (Lipinski definition) is 2. The summed E-state index contributed by atoms with van der Waals surface area (Å²) in [6, 6.07) is 7.46. The number of aryl methyl sites for hydroxylation is 1. The number of methoxy groups -OCH3 is 1. The van der Waals surface area contributed by atoms with Gasteiger partial charge in [0.15, 0.2) is 0 Å². The van der Waals surface area contributed by atoms with Crippen molar-refractivity contribution in [1.82, 2.24) is 14.6 Å². The van der Waals surface area contributed by atoms with Crippen LogP contribution < -0.4 is 14.8 Å². The van der Waals surface area contributed by atoms with E-state index in [1.807, 2.05) is 18.2 Å². The molecule has 2 aromatic rings. The van der Waals surface area contributed by atoms with Crippen LogP contribution in [0.15, 0.2) is 30.5 Å². The number of benzene rings is 1. The lowest BCUT2D eigenvalue weighted by atomic mass is 9.98. The molecule has 0 aliphatic heterocycles. The lowest BCUT2D eigenvalue weighted by molar-refractivity contribution is 0.257. The number of carbonyl (C=O) groups excluding carboxylic acids is 1. The van der Waals surface area contributed by atoms with E-state index in [0.717, 1.165) is 67.7 Å². The molecule has 1 unspecified atom stereocenters. The largest absolute Gasteiger partial charge is 0.481 e. The maximum Gasteiger partial charge on any atom is 0.331 e. The fourth-order valence-corrected chi connectivity index (χ4v) is 4.74. The number of amides is 2. The summed E-state index contributed by atoms with van der Waals surface area (Å²) >= 11 is 0. The summed E-state index contributed by atoms with van der Waals surface area (Å²) < 4.78 is 20.2. The van der Waals surface area contributed by atoms with Crippen molar-refractivity contribution >= 4 is 22.7 Å². The average molecular weight is 445 g/mol. The quantitative estimate of drug-likeness (QED) is 0.583. The maximum absolute atomic E-state index is 12.7. The van der Waals surface area contributed by atoms with Crippen molar-refractivity contribution in [2.24, 2.45) is 0 Å². The van der Waals surface area contributed by atoms with Gasteiger partial charge in [0.1, 0.15) is 11.0 Å². The van der Waals surface area contributed by atoms with Gasteiger partial charge >= 0.3 is 6.03 Å². The number of ether oxygens (including phenoxy) is 1. The second-order valence-electron chi connectivity index (χ2n) is 7.55. The monoisotopic (exact) mass is 444 g/mol. The molecule has 0 spiro atoms. The smallest absolute Gasteiger partial charge is 0.331 e. The van der Waals surface area contributed by atoms with Gasteiger partial charge in [-0.1, -0.05) is 26.0 Å². The van der Waals surface area contributed by atoms with Gasteiger partial charge in [-0.2, -0.15) is 0 Å². The summed E-state index contributed by atoms with van der Waals surface area (Å²) in [4.78, 5) is 19.1. The van der Waals surface area contributed by atoms with Crippen molar-refractivity contribution in [1.29, 1.82) is 0 Å². The SMILES string of the molecule is CCN(CC)CCCS(=O)NC(=O)Nc1c(-c2ccnc(OC)c2)ccc2c1CCC2. The third-order valence-corrected chi connectivity index (χ3v) is 6.75. The molecule has 0 saturated heterocycles. The summed E-state index contributed by atoms with van der Waals surface area (Å²) in [7, 11) is 0.163. The van der Waals surface area contributed by atoms with Crippen LogP contribution in [0.25, 0.3) is 11.1 Å². The van der Waals surface area contributed by atoms with Crippen LogP contribution in [0.3, 0.4) is 0 Å². The zero-order valence-electron chi connectivity index (χ0n) is 18.6. The van der Waals surface area contributed by atoms with Gasteiger partial charge in [-0.05, 0) is 68.1 Å². The lowest BCUT2D eigenvalue weighted by Crippen LogP contribution is -2.33. The molecule has 2 amide bonds. The Morgan fingerprint density at radius 1 is 1.23 bits per heavy atom. The fourth-order valence-electron chi connectivity index (χ4n) is 3.99. The minimum atomic E-state index is -1.42. The predicted molar refractivity (Wildman–Crippen MR) is 126 cm³/mol. The number of hydrogen-bond acceptors (Lipinski definition) is 5. The number of pyridine rings is 1. The molecule has 8 heteroatoms. The molecule has 1 aliphatic rings. The molecule has 31 heavy (non-hydrogen) atoms. The van der Waals surface area contributed by atoms with Crippen LogP contribution in [0, 0.1) is 0 Å². The minimum Gasteiger partial charge on any atom is -0.481 e. The van der Waals surface area contributed by atoms with E-state index in [2.05, 4.69) is 39.8 Å². The first-order valence-corrected chi connectivity index (χ1v) is 12.2. The molecule has 1 aromatic carbocycles. The molecular weight excluding hydrogens is 412 g/mol. The van der Waals surface area contributed by atoms with Crippen LogP contribution in [0.2, 0.25) is 0 Å². The van der Waals surface area contributed by atoms with Gasteiger partial charge in [0.25, 0.3) is 0 Å². The van der Waals surface area contributed by atoms with Crippen molar-refractivity contribution in [2.45, 2.75) is 39.5 Å². The highest BCUT2D eigenvalue weighted by atomic mass is 32.2. The van der Waals surface area contributed by atoms with Gasteiger partial charge in [0.05, 0.1) is 12.8 Å². The Balaban J connectivity index is 1.72. The number of aromatic nitrogens is 1. The molecule has 1 heterocycles. The van der Waals surface area contributed by atoms with Crippen LogP contribution in [0.5, 0.6) is 5.88 Å². The van der Waals surface area contributed by atoms with Crippen molar-refractivity contribution in [3.8, 4) is 17.0 Å². The van der Waals surface area contributed by atoms with Crippen LogP contribution in [0.1, 0.15) is 37.8 Å². The third-order valence-electron chi connectivity index (χ3n) is 5.68. The Morgan fingerprint density at radius 2 is 2.03 bits per heavy atom. The molecule has 3 rings (SSSR count). The summed E-state index contributed by atoms with van der Waals surface area (Å²) in [5.74, 6) is 0.952. The van der Waals surface area contributed by atoms with Gasteiger partial charge in [0.2, 0.25) is 5.88 Å². The van der Waals surface area contributed by atoms with Crippen molar-refractivity contribution < 1.29 is 13.7 Å². The van der Waals surface area contributed by atoms with Crippen molar-refractivity contribution in [3.63, 3.8) is 0 Å². The number of rotatable bonds is 10. The summed E-state index contributed by atoms with van der Waals surface area (Å²) in [5, 5.41) is 2.98. The second kappa shape index (κ2) is 11.2. The molecule has 1 atom stereocenters. The molecule has 2 N–H and O–H groups in total. The highest BCUT2D eigenvalue weighted by Crippen LogP contribution is 2.38. The Kier molecular flexibility index (Phi) is 8.43. The fraction of sp³-hybridized carbons (Fsp3) is 0.478. The Hall–Kier alpha value is -2.45. The molecule has 0 bridgehead atoms. The topological polar surface area (TPSA) is 83.6 Å². The van der Waals surface area contributed by atoms with Gasteiger partial charge in [-0.3, -0.25) is 4.72 Å². The third kappa shape index (κ3) is 6.04. The first-order chi connectivity index (χ1) is 15.0. The number of carbonyl (C=O) groups is 1. The number of nitrogens with one attached hydrogen (secondary N) is 2. The highest BCUT2D eigenvalue weighted by molar-refractivity contribution is 7.83. The predicted octanol–water partition coefficient (Wildman–Crippen LogP) is 3.76. The van der Waals surface area contributed by atoms with E-state index in [1.165, 1.54) is 5.56 Å². The van der Waals surface area contributed by atoms with Gasteiger partial charge < -0.3 is 15.0 Å². The number of nitrogens with zero attached hydrogens (tertiary/aromatic N) is 2. The number of urea groups is 1. The Morgan fingerprint density at radius 3 is 2.77 bits per heavy atom. The molecule has 1 aliphatic carbocycles. The van der Waals surface area contributed by atoms with Crippen LogP contribution in [-0.2, 0) is 23.8 Å². The van der Waals surface area contributed by atoms with Crippen molar-refractivity contribution in [2.75, 3.05) is 37.8 Å². The van der Waals surface area contributed by atoms with E-state index < -0.39 is 17.0 Å². The minimum absolute atomic E-state index is 0.436. The van der Waals surface area contributed by atoms with E-state index in [0.29, 0.717) is 11.6 Å². The first kappa shape index (κ1) is 23.2. The molecule has 1 aromatic heterocycles. The summed E-state index contributed by atoms with van der Waals surface area (Å²) in [6.07, 6.45) is 5.44. The molecule has 168 valence electrons. The standard InChI is InChI=1S/C23H32N4O3S/c1-4-27(5-2)14-7-15-31(29)26-23(28)25-22-19-9-6-8-17(19)10-11-20(22)18-12-13-24-21(16-18)30-3/h10-13,16H,4-9,14-15H2,1-3H3,(H2,25,26,28). The molecule has 0 saturated carbocycles. The number of fused-ring (bicyclic) bond motifs is 1. The van der Waals surface area contributed by atoms with Crippen LogP contribution in [-0.4, -0.2) is 52.6 Å². The zero-order valence-corrected chi connectivity index (χ0v) is 19.4. The molecule has 0 radical (unpaired) electrons. The van der Waals surface area contributed by atoms with Gasteiger partial charge in [-0.15, -0.1) is 0 Å². The van der Waals surface area contributed by atoms with E-state index >= 15 is 0 Å². The van der Waals surface area contributed by atoms with E-state index in [9.17, 15) is 9.00 Å². The molecule has 7 nitrogen and oxygen atoms in total. The van der Waals surface area contributed by atoms with Crippen molar-refractivity contribution in [3.05, 3.63) is 41.6 Å². The van der Waals surface area contributed by atoms with Gasteiger partial charge in [-0.25, -0.2) is 14.0 Å². The maximum atomic E-state index is 12.7. The Bertz CT molecular complexity index is 931. The lowest BCUT2D eigenvalue weighted by Gasteiger charge is -2.18. The van der Waals surface area contributed by atoms with E-state index in [4.69, 9.17) is 4.74 Å². The average Bonchev–Trinajstić information content (AvgIpc) is 3.26. The molecular formula is C23H32N4O3S. The number of anilines is 1. The van der Waals surface area contributed by atoms with Crippen LogP contribution in [0.4, 0.5) is 10.5 Å². The second-order valence-corrected chi connectivity index (χ2v) is 8.86. The summed E-state index contributed by atoms with van der Waals surface area (Å²) in [6.45, 7) is 7.04. The van der Waals surface area contributed by atoms with Crippen LogP contribution >= 0.6 is 0 Å². The molecule has 0 fully saturated rings. The van der Waals surface area contributed by atoms with E-state index in [-0.39, 0.29) is 0 Å². The van der Waals surface area contributed by atoms with E-state index in [1.54, 1.807) is 13.3 Å². The van der Waals surface area contributed by atoms with Gasteiger partial charge in [0, 0.05) is 23.6 Å². The normalized spacial score (nSPS) is 13.7.